The average molecular weight is 521 g/mol. The molecule has 174 valence electrons. The van der Waals surface area contributed by atoms with Gasteiger partial charge in [-0.1, -0.05) is 46.3 Å². The Morgan fingerprint density at radius 3 is 2.32 bits per heavy atom. The number of hydrogen-bond donors (Lipinski definition) is 4. The number of anilines is 3. The maximum Gasteiger partial charge on any atom is 0.322 e. The van der Waals surface area contributed by atoms with Gasteiger partial charge in [0.05, 0.1) is 17.0 Å². The number of carboxylic acid groups (broad SMARTS) is 1. The van der Waals surface area contributed by atoms with E-state index in [9.17, 15) is 9.59 Å². The summed E-state index contributed by atoms with van der Waals surface area (Å²) in [5.74, 6) is -1.12. The van der Waals surface area contributed by atoms with Crippen molar-refractivity contribution in [1.82, 2.24) is 4.90 Å². The highest BCUT2D eigenvalue weighted by atomic mass is 79.9. The molecule has 0 aliphatic carbocycles. The lowest BCUT2D eigenvalue weighted by Gasteiger charge is -2.16. The van der Waals surface area contributed by atoms with E-state index in [0.717, 1.165) is 33.5 Å². The van der Waals surface area contributed by atoms with E-state index < -0.39 is 5.97 Å². The quantitative estimate of drug-likeness (QED) is 0.314. The Morgan fingerprint density at radius 2 is 1.68 bits per heavy atom. The van der Waals surface area contributed by atoms with Crippen LogP contribution < -0.4 is 16.0 Å². The third-order valence-electron chi connectivity index (χ3n) is 5.32. The Balaban J connectivity index is 1.74. The fraction of sp³-hybridized carbons (Fsp3) is 0.154. The minimum Gasteiger partial charge on any atom is -0.480 e. The third kappa shape index (κ3) is 5.47. The van der Waals surface area contributed by atoms with Gasteiger partial charge in [-0.15, -0.1) is 0 Å². The van der Waals surface area contributed by atoms with Crippen LogP contribution in [0.5, 0.6) is 0 Å². The first-order valence-corrected chi connectivity index (χ1v) is 11.5. The molecule has 4 rings (SSSR count). The van der Waals surface area contributed by atoms with E-state index in [1.807, 2.05) is 56.6 Å². The summed E-state index contributed by atoms with van der Waals surface area (Å²) in [5, 5.41) is 18.2. The molecule has 7 nitrogen and oxygen atoms in total. The van der Waals surface area contributed by atoms with Gasteiger partial charge >= 0.3 is 5.97 Å². The molecule has 1 amide bonds. The monoisotopic (exact) mass is 520 g/mol. The van der Waals surface area contributed by atoms with Crippen molar-refractivity contribution in [3.8, 4) is 0 Å². The SMILES string of the molecule is CN(C)Cc1ccc(NC(=C2C(=O)Nc3cc(Br)ccc32)c2ccc(NCC(=O)O)cc2)cc1. The minimum absolute atomic E-state index is 0.171. The van der Waals surface area contributed by atoms with Crippen LogP contribution in [-0.4, -0.2) is 42.5 Å². The van der Waals surface area contributed by atoms with Gasteiger partial charge in [0.25, 0.3) is 5.91 Å². The number of fused-ring (bicyclic) bond motifs is 1. The van der Waals surface area contributed by atoms with E-state index in [4.69, 9.17) is 5.11 Å². The van der Waals surface area contributed by atoms with Crippen molar-refractivity contribution < 1.29 is 14.7 Å². The molecule has 1 aliphatic rings. The Morgan fingerprint density at radius 1 is 1.00 bits per heavy atom. The number of rotatable bonds is 8. The van der Waals surface area contributed by atoms with Crippen LogP contribution in [0.2, 0.25) is 0 Å². The standard InChI is InChI=1S/C26H25BrN4O3/c1-31(2)15-16-3-8-20(9-4-16)29-25(17-5-10-19(11-6-17)28-14-23(32)33)24-21-12-7-18(27)13-22(21)30-26(24)34/h3-13,28-29H,14-15H2,1-2H3,(H,30,34)(H,32,33). The van der Waals surface area contributed by atoms with E-state index in [2.05, 4.69) is 48.9 Å². The molecule has 0 atom stereocenters. The van der Waals surface area contributed by atoms with Gasteiger partial charge in [-0.05, 0) is 61.6 Å². The lowest BCUT2D eigenvalue weighted by Crippen LogP contribution is -2.12. The second-order valence-corrected chi connectivity index (χ2v) is 9.19. The number of hydrogen-bond acceptors (Lipinski definition) is 5. The van der Waals surface area contributed by atoms with Gasteiger partial charge in [0.2, 0.25) is 0 Å². The summed E-state index contributed by atoms with van der Waals surface area (Å²) in [6.45, 7) is 0.666. The number of aliphatic carboxylic acids is 1. The number of nitrogens with one attached hydrogen (secondary N) is 3. The first-order valence-electron chi connectivity index (χ1n) is 10.7. The van der Waals surface area contributed by atoms with Crippen molar-refractivity contribution in [3.05, 3.63) is 87.9 Å². The normalized spacial score (nSPS) is 13.9. The number of nitrogens with zero attached hydrogens (tertiary/aromatic N) is 1. The van der Waals surface area contributed by atoms with Crippen LogP contribution >= 0.6 is 15.9 Å². The molecule has 0 saturated heterocycles. The number of amides is 1. The predicted octanol–water partition coefficient (Wildman–Crippen LogP) is 4.94. The Kier molecular flexibility index (Phi) is 7.00. The molecule has 1 aliphatic heterocycles. The second kappa shape index (κ2) is 10.1. The molecule has 1 heterocycles. The van der Waals surface area contributed by atoms with Crippen LogP contribution in [0.1, 0.15) is 16.7 Å². The van der Waals surface area contributed by atoms with Crippen molar-refractivity contribution in [2.45, 2.75) is 6.54 Å². The summed E-state index contributed by atoms with van der Waals surface area (Å²) in [6.07, 6.45) is 0. The number of halogens is 1. The molecule has 0 fully saturated rings. The molecular formula is C26H25BrN4O3. The molecular weight excluding hydrogens is 496 g/mol. The highest BCUT2D eigenvalue weighted by molar-refractivity contribution is 9.10. The van der Waals surface area contributed by atoms with Gasteiger partial charge < -0.3 is 26.0 Å². The number of benzene rings is 3. The van der Waals surface area contributed by atoms with Gasteiger partial charge in [0, 0.05) is 28.0 Å². The maximum atomic E-state index is 13.1. The summed E-state index contributed by atoms with van der Waals surface area (Å²) in [4.78, 5) is 26.0. The zero-order valence-corrected chi connectivity index (χ0v) is 20.4. The fourth-order valence-electron chi connectivity index (χ4n) is 3.81. The predicted molar refractivity (Wildman–Crippen MR) is 140 cm³/mol. The molecule has 0 saturated carbocycles. The molecule has 0 spiro atoms. The van der Waals surface area contributed by atoms with Crippen LogP contribution in [0.4, 0.5) is 17.1 Å². The smallest absolute Gasteiger partial charge is 0.322 e. The van der Waals surface area contributed by atoms with E-state index in [-0.39, 0.29) is 12.5 Å². The summed E-state index contributed by atoms with van der Waals surface area (Å²) in [6, 6.07) is 21.2. The highest BCUT2D eigenvalue weighted by Crippen LogP contribution is 2.39. The molecule has 3 aromatic rings. The summed E-state index contributed by atoms with van der Waals surface area (Å²) in [5.41, 5.74) is 6.31. The largest absolute Gasteiger partial charge is 0.480 e. The van der Waals surface area contributed by atoms with E-state index in [0.29, 0.717) is 17.0 Å². The number of carboxylic acids is 1. The average Bonchev–Trinajstić information content (AvgIpc) is 3.11. The molecule has 8 heteroatoms. The van der Waals surface area contributed by atoms with Crippen LogP contribution in [0.25, 0.3) is 11.3 Å². The van der Waals surface area contributed by atoms with Crippen molar-refractivity contribution in [3.63, 3.8) is 0 Å². The molecule has 0 bridgehead atoms. The number of carbonyl (C=O) groups excluding carboxylic acids is 1. The zero-order chi connectivity index (χ0) is 24.2. The number of carbonyl (C=O) groups is 2. The molecule has 34 heavy (non-hydrogen) atoms. The zero-order valence-electron chi connectivity index (χ0n) is 18.9. The van der Waals surface area contributed by atoms with Crippen LogP contribution in [0, 0.1) is 0 Å². The lowest BCUT2D eigenvalue weighted by molar-refractivity contribution is -0.134. The maximum absolute atomic E-state index is 13.1. The van der Waals surface area contributed by atoms with Crippen molar-refractivity contribution in [2.75, 3.05) is 36.6 Å². The van der Waals surface area contributed by atoms with Crippen LogP contribution in [0.3, 0.4) is 0 Å². The van der Waals surface area contributed by atoms with Gasteiger partial charge in [-0.25, -0.2) is 0 Å². The summed E-state index contributed by atoms with van der Waals surface area (Å²) >= 11 is 3.46. The summed E-state index contributed by atoms with van der Waals surface area (Å²) < 4.78 is 0.882. The third-order valence-corrected chi connectivity index (χ3v) is 5.81. The first kappa shape index (κ1) is 23.5. The summed E-state index contributed by atoms with van der Waals surface area (Å²) in [7, 11) is 4.05. The lowest BCUT2D eigenvalue weighted by atomic mass is 9.99. The first-order chi connectivity index (χ1) is 16.3. The molecule has 0 radical (unpaired) electrons. The minimum atomic E-state index is -0.934. The second-order valence-electron chi connectivity index (χ2n) is 8.28. The van der Waals surface area contributed by atoms with E-state index >= 15 is 0 Å². The Labute approximate surface area is 206 Å². The van der Waals surface area contributed by atoms with Crippen LogP contribution in [-0.2, 0) is 16.1 Å². The van der Waals surface area contributed by atoms with Gasteiger partial charge in [-0.3, -0.25) is 9.59 Å². The highest BCUT2D eigenvalue weighted by Gasteiger charge is 2.28. The Hall–Kier alpha value is -3.62. The van der Waals surface area contributed by atoms with Crippen LogP contribution in [0.15, 0.2) is 71.2 Å². The topological polar surface area (TPSA) is 93.7 Å². The van der Waals surface area contributed by atoms with E-state index in [1.165, 1.54) is 5.56 Å². The molecule has 3 aromatic carbocycles. The fourth-order valence-corrected chi connectivity index (χ4v) is 4.17. The van der Waals surface area contributed by atoms with Crippen molar-refractivity contribution >= 4 is 56.1 Å². The van der Waals surface area contributed by atoms with Crippen molar-refractivity contribution in [1.29, 1.82) is 0 Å². The Bertz CT molecular complexity index is 1250. The van der Waals surface area contributed by atoms with Gasteiger partial charge in [0.1, 0.15) is 6.54 Å². The molecule has 4 N–H and O–H groups in total. The molecule has 0 aromatic heterocycles. The van der Waals surface area contributed by atoms with Crippen molar-refractivity contribution in [2.24, 2.45) is 0 Å². The van der Waals surface area contributed by atoms with Gasteiger partial charge in [-0.2, -0.15) is 0 Å². The molecule has 0 unspecified atom stereocenters. The van der Waals surface area contributed by atoms with E-state index in [1.54, 1.807) is 12.1 Å². The van der Waals surface area contributed by atoms with Gasteiger partial charge in [0.15, 0.2) is 0 Å².